The summed E-state index contributed by atoms with van der Waals surface area (Å²) in [4.78, 5) is 2.81. The SMILES string of the molecule is CCNC(CC)c1ccc(-c2ccc(CC)cc2)s1. The van der Waals surface area contributed by atoms with Crippen LogP contribution in [0.5, 0.6) is 0 Å². The number of aryl methyl sites for hydroxylation is 1. The molecule has 1 heterocycles. The first-order valence-corrected chi connectivity index (χ1v) is 8.02. The van der Waals surface area contributed by atoms with Crippen molar-refractivity contribution in [2.24, 2.45) is 0 Å². The Morgan fingerprint density at radius 3 is 2.32 bits per heavy atom. The highest BCUT2D eigenvalue weighted by Gasteiger charge is 2.11. The Balaban J connectivity index is 2.19. The number of rotatable bonds is 6. The van der Waals surface area contributed by atoms with Gasteiger partial charge in [0.1, 0.15) is 0 Å². The summed E-state index contributed by atoms with van der Waals surface area (Å²) in [6.07, 6.45) is 2.25. The summed E-state index contributed by atoms with van der Waals surface area (Å²) in [5.74, 6) is 0. The van der Waals surface area contributed by atoms with E-state index in [2.05, 4.69) is 62.5 Å². The van der Waals surface area contributed by atoms with E-state index in [1.807, 2.05) is 11.3 Å². The monoisotopic (exact) mass is 273 g/mol. The van der Waals surface area contributed by atoms with E-state index >= 15 is 0 Å². The highest BCUT2D eigenvalue weighted by atomic mass is 32.1. The van der Waals surface area contributed by atoms with Crippen LogP contribution in [0.1, 0.15) is 43.7 Å². The molecule has 2 heteroatoms. The molecular weight excluding hydrogens is 250 g/mol. The van der Waals surface area contributed by atoms with Gasteiger partial charge in [-0.3, -0.25) is 0 Å². The van der Waals surface area contributed by atoms with Gasteiger partial charge in [0.05, 0.1) is 0 Å². The van der Waals surface area contributed by atoms with Crippen molar-refractivity contribution in [3.05, 3.63) is 46.8 Å². The summed E-state index contributed by atoms with van der Waals surface area (Å²) in [5, 5.41) is 3.54. The average Bonchev–Trinajstić information content (AvgIpc) is 2.94. The highest BCUT2D eigenvalue weighted by molar-refractivity contribution is 7.15. The Morgan fingerprint density at radius 2 is 1.74 bits per heavy atom. The van der Waals surface area contributed by atoms with Gasteiger partial charge in [0, 0.05) is 15.8 Å². The molecule has 102 valence electrons. The molecule has 0 radical (unpaired) electrons. The van der Waals surface area contributed by atoms with Gasteiger partial charge in [-0.2, -0.15) is 0 Å². The third kappa shape index (κ3) is 3.46. The van der Waals surface area contributed by atoms with Crippen molar-refractivity contribution in [3.8, 4) is 10.4 Å². The van der Waals surface area contributed by atoms with E-state index in [1.165, 1.54) is 20.9 Å². The fourth-order valence-corrected chi connectivity index (χ4v) is 3.46. The zero-order valence-electron chi connectivity index (χ0n) is 12.1. The first kappa shape index (κ1) is 14.3. The Labute approximate surface area is 120 Å². The van der Waals surface area contributed by atoms with Gasteiger partial charge in [0.25, 0.3) is 0 Å². The maximum absolute atomic E-state index is 3.54. The van der Waals surface area contributed by atoms with Crippen molar-refractivity contribution in [2.75, 3.05) is 6.54 Å². The quantitative estimate of drug-likeness (QED) is 0.777. The van der Waals surface area contributed by atoms with Crippen molar-refractivity contribution < 1.29 is 0 Å². The lowest BCUT2D eigenvalue weighted by molar-refractivity contribution is 0.545. The molecule has 0 aliphatic carbocycles. The number of thiophene rings is 1. The molecule has 1 aromatic heterocycles. The van der Waals surface area contributed by atoms with Gasteiger partial charge in [-0.05, 0) is 42.6 Å². The Bertz CT molecular complexity index is 498. The zero-order valence-corrected chi connectivity index (χ0v) is 12.9. The third-order valence-corrected chi connectivity index (χ3v) is 4.72. The van der Waals surface area contributed by atoms with E-state index in [-0.39, 0.29) is 0 Å². The summed E-state index contributed by atoms with van der Waals surface area (Å²) in [6, 6.07) is 14.0. The molecule has 19 heavy (non-hydrogen) atoms. The molecule has 1 atom stereocenters. The lowest BCUT2D eigenvalue weighted by Gasteiger charge is -2.13. The van der Waals surface area contributed by atoms with Gasteiger partial charge in [0.15, 0.2) is 0 Å². The molecule has 1 unspecified atom stereocenters. The Kier molecular flexibility index (Phi) is 5.17. The summed E-state index contributed by atoms with van der Waals surface area (Å²) in [7, 11) is 0. The maximum Gasteiger partial charge on any atom is 0.0412 e. The molecule has 2 aromatic rings. The van der Waals surface area contributed by atoms with E-state index in [4.69, 9.17) is 0 Å². The predicted octanol–water partition coefficient (Wildman–Crippen LogP) is 5.04. The largest absolute Gasteiger partial charge is 0.310 e. The van der Waals surface area contributed by atoms with Gasteiger partial charge in [-0.15, -0.1) is 11.3 Å². The first-order valence-electron chi connectivity index (χ1n) is 7.20. The topological polar surface area (TPSA) is 12.0 Å². The van der Waals surface area contributed by atoms with Gasteiger partial charge in [-0.1, -0.05) is 45.0 Å². The number of benzene rings is 1. The van der Waals surface area contributed by atoms with Crippen molar-refractivity contribution in [1.82, 2.24) is 5.32 Å². The lowest BCUT2D eigenvalue weighted by atomic mass is 10.1. The van der Waals surface area contributed by atoms with Crippen LogP contribution in [0.4, 0.5) is 0 Å². The second kappa shape index (κ2) is 6.88. The Morgan fingerprint density at radius 1 is 1.00 bits per heavy atom. The minimum Gasteiger partial charge on any atom is -0.310 e. The fraction of sp³-hybridized carbons (Fsp3) is 0.412. The molecule has 0 aliphatic rings. The molecule has 0 saturated heterocycles. The normalized spacial score (nSPS) is 12.6. The summed E-state index contributed by atoms with van der Waals surface area (Å²) in [6.45, 7) is 7.63. The molecule has 0 fully saturated rings. The van der Waals surface area contributed by atoms with Crippen LogP contribution in [-0.2, 0) is 6.42 Å². The molecule has 0 amide bonds. The average molecular weight is 273 g/mol. The number of hydrogen-bond acceptors (Lipinski definition) is 2. The summed E-state index contributed by atoms with van der Waals surface area (Å²) >= 11 is 1.91. The smallest absolute Gasteiger partial charge is 0.0412 e. The van der Waals surface area contributed by atoms with Gasteiger partial charge >= 0.3 is 0 Å². The fourth-order valence-electron chi connectivity index (χ4n) is 2.29. The van der Waals surface area contributed by atoms with Crippen LogP contribution < -0.4 is 5.32 Å². The standard InChI is InChI=1S/C17H23NS/c1-4-13-7-9-14(10-8-13)16-11-12-17(19-16)15(5-2)18-6-3/h7-12,15,18H,4-6H2,1-3H3. The van der Waals surface area contributed by atoms with Crippen LogP contribution in [-0.4, -0.2) is 6.54 Å². The minimum atomic E-state index is 0.499. The van der Waals surface area contributed by atoms with Crippen LogP contribution in [0.2, 0.25) is 0 Å². The molecule has 0 spiro atoms. The second-order valence-electron chi connectivity index (χ2n) is 4.77. The van der Waals surface area contributed by atoms with Crippen LogP contribution in [0.3, 0.4) is 0 Å². The summed E-state index contributed by atoms with van der Waals surface area (Å²) < 4.78 is 0. The van der Waals surface area contributed by atoms with Crippen molar-refractivity contribution in [3.63, 3.8) is 0 Å². The molecule has 1 nitrogen and oxygen atoms in total. The third-order valence-electron chi connectivity index (χ3n) is 3.48. The van der Waals surface area contributed by atoms with Crippen LogP contribution in [0.15, 0.2) is 36.4 Å². The molecular formula is C17H23NS. The van der Waals surface area contributed by atoms with Crippen LogP contribution in [0.25, 0.3) is 10.4 Å². The molecule has 1 N–H and O–H groups in total. The van der Waals surface area contributed by atoms with E-state index in [0.717, 1.165) is 19.4 Å². The second-order valence-corrected chi connectivity index (χ2v) is 5.89. The molecule has 1 aromatic carbocycles. The molecule has 0 bridgehead atoms. The van der Waals surface area contributed by atoms with Gasteiger partial charge < -0.3 is 5.32 Å². The van der Waals surface area contributed by atoms with E-state index in [1.54, 1.807) is 0 Å². The number of nitrogens with one attached hydrogen (secondary N) is 1. The van der Waals surface area contributed by atoms with Crippen LogP contribution in [0, 0.1) is 0 Å². The van der Waals surface area contributed by atoms with Crippen molar-refractivity contribution in [1.29, 1.82) is 0 Å². The van der Waals surface area contributed by atoms with E-state index in [0.29, 0.717) is 6.04 Å². The maximum atomic E-state index is 3.54. The first-order chi connectivity index (χ1) is 9.28. The van der Waals surface area contributed by atoms with Gasteiger partial charge in [0.2, 0.25) is 0 Å². The van der Waals surface area contributed by atoms with Crippen molar-refractivity contribution >= 4 is 11.3 Å². The summed E-state index contributed by atoms with van der Waals surface area (Å²) in [5.41, 5.74) is 2.74. The molecule has 2 rings (SSSR count). The van der Waals surface area contributed by atoms with E-state index < -0.39 is 0 Å². The molecule has 0 aliphatic heterocycles. The minimum absolute atomic E-state index is 0.499. The Hall–Kier alpha value is -1.12. The van der Waals surface area contributed by atoms with Gasteiger partial charge in [-0.25, -0.2) is 0 Å². The molecule has 0 saturated carbocycles. The number of hydrogen-bond donors (Lipinski definition) is 1. The predicted molar refractivity (Wildman–Crippen MR) is 85.8 cm³/mol. The zero-order chi connectivity index (χ0) is 13.7. The van der Waals surface area contributed by atoms with E-state index in [9.17, 15) is 0 Å². The van der Waals surface area contributed by atoms with Crippen molar-refractivity contribution in [2.45, 2.75) is 39.7 Å². The lowest BCUT2D eigenvalue weighted by Crippen LogP contribution is -2.18. The highest BCUT2D eigenvalue weighted by Crippen LogP contribution is 2.32. The van der Waals surface area contributed by atoms with Crippen LogP contribution >= 0.6 is 11.3 Å².